The first-order chi connectivity index (χ1) is 13.5. The summed E-state index contributed by atoms with van der Waals surface area (Å²) >= 11 is 6.12. The molecule has 0 atom stereocenters. The number of hydrogen-bond donors (Lipinski definition) is 2. The van der Waals surface area contributed by atoms with E-state index in [1.807, 2.05) is 19.1 Å². The summed E-state index contributed by atoms with van der Waals surface area (Å²) in [6.07, 6.45) is 3.45. The molecule has 0 saturated carbocycles. The Balaban J connectivity index is 1.79. The Kier molecular flexibility index (Phi) is 6.06. The van der Waals surface area contributed by atoms with E-state index >= 15 is 0 Å². The lowest BCUT2D eigenvalue weighted by molar-refractivity contribution is 0.102. The smallest absolute Gasteiger partial charge is 0.274 e. The van der Waals surface area contributed by atoms with Gasteiger partial charge in [-0.05, 0) is 43.2 Å². The Hall–Kier alpha value is -3.19. The van der Waals surface area contributed by atoms with E-state index in [4.69, 9.17) is 16.3 Å². The van der Waals surface area contributed by atoms with Gasteiger partial charge < -0.3 is 15.4 Å². The van der Waals surface area contributed by atoms with Crippen molar-refractivity contribution in [2.24, 2.45) is 0 Å². The summed E-state index contributed by atoms with van der Waals surface area (Å²) in [6, 6.07) is 8.85. The van der Waals surface area contributed by atoms with E-state index in [2.05, 4.69) is 25.6 Å². The first-order valence-electron chi connectivity index (χ1n) is 8.60. The number of methoxy groups -OCH3 is 1. The number of amides is 1. The van der Waals surface area contributed by atoms with Crippen LogP contribution in [0.1, 0.15) is 27.4 Å². The molecule has 7 nitrogen and oxygen atoms in total. The second kappa shape index (κ2) is 8.67. The predicted molar refractivity (Wildman–Crippen MR) is 109 cm³/mol. The lowest BCUT2D eigenvalue weighted by Crippen LogP contribution is -2.16. The minimum absolute atomic E-state index is 0.249. The zero-order valence-corrected chi connectivity index (χ0v) is 16.5. The van der Waals surface area contributed by atoms with E-state index in [0.29, 0.717) is 34.6 Å². The quantitative estimate of drug-likeness (QED) is 0.653. The molecule has 0 unspecified atom stereocenters. The molecular weight excluding hydrogens is 378 g/mol. The van der Waals surface area contributed by atoms with Crippen LogP contribution in [0.5, 0.6) is 5.75 Å². The normalized spacial score (nSPS) is 10.4. The molecule has 0 bridgehead atoms. The molecule has 2 heterocycles. The number of nitrogens with one attached hydrogen (secondary N) is 2. The summed E-state index contributed by atoms with van der Waals surface area (Å²) < 4.78 is 5.30. The maximum absolute atomic E-state index is 12.7. The summed E-state index contributed by atoms with van der Waals surface area (Å²) in [6.45, 7) is 4.15. The summed E-state index contributed by atoms with van der Waals surface area (Å²) in [5, 5.41) is 6.59. The van der Waals surface area contributed by atoms with Gasteiger partial charge in [0, 0.05) is 36.1 Å². The van der Waals surface area contributed by atoms with E-state index < -0.39 is 0 Å². The minimum atomic E-state index is -0.363. The Morgan fingerprint density at radius 1 is 1.14 bits per heavy atom. The van der Waals surface area contributed by atoms with Gasteiger partial charge in [0.15, 0.2) is 0 Å². The summed E-state index contributed by atoms with van der Waals surface area (Å²) in [7, 11) is 1.52. The average molecular weight is 398 g/mol. The number of carbonyl (C=O) groups is 1. The van der Waals surface area contributed by atoms with Crippen LogP contribution in [0.3, 0.4) is 0 Å². The van der Waals surface area contributed by atoms with Gasteiger partial charge in [-0.15, -0.1) is 0 Å². The van der Waals surface area contributed by atoms with Crippen LogP contribution in [0.2, 0.25) is 5.02 Å². The van der Waals surface area contributed by atoms with Crippen molar-refractivity contribution in [1.82, 2.24) is 15.0 Å². The number of benzene rings is 1. The van der Waals surface area contributed by atoms with Crippen molar-refractivity contribution in [2.75, 3.05) is 17.7 Å². The highest BCUT2D eigenvalue weighted by Gasteiger charge is 2.15. The van der Waals surface area contributed by atoms with Crippen LogP contribution in [-0.4, -0.2) is 28.0 Å². The predicted octanol–water partition coefficient (Wildman–Crippen LogP) is 4.01. The van der Waals surface area contributed by atoms with Crippen molar-refractivity contribution >= 4 is 29.0 Å². The van der Waals surface area contributed by atoms with Crippen LogP contribution < -0.4 is 15.4 Å². The standard InChI is InChI=1S/C20H20ClN5O2/c1-12-8-16(18(28-3)9-15(12)21)26-20(27)17-10-19(25-13(2)24-17)23-11-14-4-6-22-7-5-14/h4-10H,11H2,1-3H3,(H,26,27)(H,23,24,25). The number of hydrogen-bond acceptors (Lipinski definition) is 6. The molecule has 0 aliphatic rings. The molecule has 3 aromatic rings. The summed E-state index contributed by atoms with van der Waals surface area (Å²) in [5.41, 5.74) is 2.66. The van der Waals surface area contributed by atoms with Gasteiger partial charge in [0.1, 0.15) is 23.1 Å². The van der Waals surface area contributed by atoms with Crippen molar-refractivity contribution in [1.29, 1.82) is 0 Å². The third kappa shape index (κ3) is 4.75. The van der Waals surface area contributed by atoms with Gasteiger partial charge in [-0.3, -0.25) is 9.78 Å². The molecule has 0 spiro atoms. The molecule has 2 aromatic heterocycles. The molecule has 144 valence electrons. The van der Waals surface area contributed by atoms with E-state index in [-0.39, 0.29) is 11.6 Å². The van der Waals surface area contributed by atoms with Crippen molar-refractivity contribution in [3.8, 4) is 5.75 Å². The molecule has 1 aromatic carbocycles. The first-order valence-corrected chi connectivity index (χ1v) is 8.98. The Bertz CT molecular complexity index is 995. The fraction of sp³-hybridized carbons (Fsp3) is 0.200. The van der Waals surface area contributed by atoms with E-state index in [1.165, 1.54) is 7.11 Å². The van der Waals surface area contributed by atoms with Crippen LogP contribution in [0.15, 0.2) is 42.7 Å². The van der Waals surface area contributed by atoms with E-state index in [0.717, 1.165) is 11.1 Å². The molecule has 0 radical (unpaired) electrons. The molecule has 0 saturated heterocycles. The monoisotopic (exact) mass is 397 g/mol. The molecule has 28 heavy (non-hydrogen) atoms. The largest absolute Gasteiger partial charge is 0.495 e. The number of pyridine rings is 1. The lowest BCUT2D eigenvalue weighted by Gasteiger charge is -2.13. The van der Waals surface area contributed by atoms with Crippen molar-refractivity contribution < 1.29 is 9.53 Å². The third-order valence-electron chi connectivity index (χ3n) is 4.02. The highest BCUT2D eigenvalue weighted by molar-refractivity contribution is 6.31. The molecule has 3 rings (SSSR count). The minimum Gasteiger partial charge on any atom is -0.495 e. The maximum atomic E-state index is 12.7. The van der Waals surface area contributed by atoms with Crippen molar-refractivity contribution in [3.05, 3.63) is 70.4 Å². The van der Waals surface area contributed by atoms with Gasteiger partial charge in [0.2, 0.25) is 0 Å². The molecule has 2 N–H and O–H groups in total. The van der Waals surface area contributed by atoms with E-state index in [1.54, 1.807) is 37.5 Å². The van der Waals surface area contributed by atoms with Gasteiger partial charge in [-0.25, -0.2) is 9.97 Å². The zero-order valence-electron chi connectivity index (χ0n) is 15.8. The Labute approximate surface area is 168 Å². The van der Waals surface area contributed by atoms with Crippen molar-refractivity contribution in [2.45, 2.75) is 20.4 Å². The topological polar surface area (TPSA) is 89.0 Å². The number of ether oxygens (including phenoxy) is 1. The van der Waals surface area contributed by atoms with Crippen molar-refractivity contribution in [3.63, 3.8) is 0 Å². The van der Waals surface area contributed by atoms with Gasteiger partial charge in [0.05, 0.1) is 12.8 Å². The highest BCUT2D eigenvalue weighted by atomic mass is 35.5. The van der Waals surface area contributed by atoms with Gasteiger partial charge in [-0.2, -0.15) is 0 Å². The molecule has 8 heteroatoms. The molecule has 0 aliphatic heterocycles. The number of halogens is 1. The fourth-order valence-electron chi connectivity index (χ4n) is 2.58. The van der Waals surface area contributed by atoms with E-state index in [9.17, 15) is 4.79 Å². The number of carbonyl (C=O) groups excluding carboxylic acids is 1. The third-order valence-corrected chi connectivity index (χ3v) is 4.43. The van der Waals surface area contributed by atoms with Crippen LogP contribution in [0, 0.1) is 13.8 Å². The van der Waals surface area contributed by atoms with Crippen LogP contribution in [0.25, 0.3) is 0 Å². The van der Waals surface area contributed by atoms with Gasteiger partial charge in [-0.1, -0.05) is 11.6 Å². The SMILES string of the molecule is COc1cc(Cl)c(C)cc1NC(=O)c1cc(NCc2ccncc2)nc(C)n1. The second-order valence-corrected chi connectivity index (χ2v) is 6.56. The number of rotatable bonds is 6. The van der Waals surface area contributed by atoms with Crippen LogP contribution >= 0.6 is 11.6 Å². The Morgan fingerprint density at radius 2 is 1.89 bits per heavy atom. The number of aromatic nitrogens is 3. The average Bonchev–Trinajstić information content (AvgIpc) is 2.69. The summed E-state index contributed by atoms with van der Waals surface area (Å²) in [4.78, 5) is 25.3. The van der Waals surface area contributed by atoms with Crippen LogP contribution in [0.4, 0.5) is 11.5 Å². The van der Waals surface area contributed by atoms with Gasteiger partial charge in [0.25, 0.3) is 5.91 Å². The van der Waals surface area contributed by atoms with Gasteiger partial charge >= 0.3 is 0 Å². The molecule has 0 fully saturated rings. The Morgan fingerprint density at radius 3 is 2.61 bits per heavy atom. The first kappa shape index (κ1) is 19.6. The highest BCUT2D eigenvalue weighted by Crippen LogP contribution is 2.31. The number of nitrogens with zero attached hydrogens (tertiary/aromatic N) is 3. The maximum Gasteiger partial charge on any atom is 0.274 e. The number of anilines is 2. The molecular formula is C20H20ClN5O2. The molecule has 1 amide bonds. The fourth-order valence-corrected chi connectivity index (χ4v) is 2.74. The lowest BCUT2D eigenvalue weighted by atomic mass is 10.2. The summed E-state index contributed by atoms with van der Waals surface area (Å²) in [5.74, 6) is 1.17. The second-order valence-electron chi connectivity index (χ2n) is 6.15. The van der Waals surface area contributed by atoms with Crippen LogP contribution in [-0.2, 0) is 6.54 Å². The zero-order chi connectivity index (χ0) is 20.1. The molecule has 0 aliphatic carbocycles. The number of aryl methyl sites for hydroxylation is 2.